The smallest absolute Gasteiger partial charge is 0.260 e. The number of nitrogen functional groups attached to an aromatic ring is 1. The van der Waals surface area contributed by atoms with Gasteiger partial charge in [0.2, 0.25) is 0 Å². The highest BCUT2D eigenvalue weighted by Gasteiger charge is 2.32. The molecule has 2 aromatic carbocycles. The van der Waals surface area contributed by atoms with Gasteiger partial charge in [0, 0.05) is 37.4 Å². The van der Waals surface area contributed by atoms with Crippen molar-refractivity contribution in [2.24, 2.45) is 0 Å². The van der Waals surface area contributed by atoms with Crippen LogP contribution in [0.25, 0.3) is 0 Å². The molecule has 2 aromatic rings. The van der Waals surface area contributed by atoms with E-state index in [0.29, 0.717) is 18.0 Å². The molecule has 2 N–H and O–H groups in total. The van der Waals surface area contributed by atoms with Crippen molar-refractivity contribution in [1.29, 1.82) is 0 Å². The second-order valence-electron chi connectivity index (χ2n) is 7.16. The quantitative estimate of drug-likeness (QED) is 0.821. The van der Waals surface area contributed by atoms with Crippen LogP contribution in [0.2, 0.25) is 0 Å². The Morgan fingerprint density at radius 2 is 1.74 bits per heavy atom. The third-order valence-electron chi connectivity index (χ3n) is 4.98. The Morgan fingerprint density at radius 1 is 1.07 bits per heavy atom. The van der Waals surface area contributed by atoms with Crippen molar-refractivity contribution >= 4 is 11.6 Å². The average molecular weight is 371 g/mol. The van der Waals surface area contributed by atoms with Crippen LogP contribution in [0.5, 0.6) is 5.75 Å². The Bertz CT molecular complexity index is 764. The van der Waals surface area contributed by atoms with Gasteiger partial charge in [0.25, 0.3) is 5.91 Å². The van der Waals surface area contributed by atoms with Gasteiger partial charge in [-0.15, -0.1) is 0 Å². The molecule has 1 saturated heterocycles. The maximum absolute atomic E-state index is 13.1. The molecular formula is C21H26FN3O2. The van der Waals surface area contributed by atoms with Crippen LogP contribution in [0, 0.1) is 5.82 Å². The highest BCUT2D eigenvalue weighted by molar-refractivity contribution is 5.78. The number of nitrogens with zero attached hydrogens (tertiary/aromatic N) is 2. The summed E-state index contributed by atoms with van der Waals surface area (Å²) in [6.45, 7) is 6.33. The highest BCUT2D eigenvalue weighted by Crippen LogP contribution is 2.19. The van der Waals surface area contributed by atoms with Crippen molar-refractivity contribution in [1.82, 2.24) is 9.80 Å². The fourth-order valence-corrected chi connectivity index (χ4v) is 3.38. The molecule has 1 fully saturated rings. The molecule has 0 bridgehead atoms. The van der Waals surface area contributed by atoms with E-state index < -0.39 is 0 Å². The molecular weight excluding hydrogens is 345 g/mol. The molecule has 1 heterocycles. The minimum atomic E-state index is -0.225. The third kappa shape index (κ3) is 4.98. The van der Waals surface area contributed by atoms with Gasteiger partial charge in [0.1, 0.15) is 11.6 Å². The van der Waals surface area contributed by atoms with Crippen LogP contribution < -0.4 is 10.5 Å². The Morgan fingerprint density at radius 3 is 2.41 bits per heavy atom. The standard InChI is InChI=1S/C21H26FN3O2/c1-15-12-25(21(26)14-27-20-9-7-19(23)8-10-20)16(2)11-24(15)13-17-3-5-18(22)6-4-17/h3-10,15-16H,11-14,23H2,1-2H3. The van der Waals surface area contributed by atoms with Crippen molar-refractivity contribution in [3.63, 3.8) is 0 Å². The Balaban J connectivity index is 1.54. The molecule has 2 unspecified atom stereocenters. The summed E-state index contributed by atoms with van der Waals surface area (Å²) < 4.78 is 18.7. The highest BCUT2D eigenvalue weighted by atomic mass is 19.1. The van der Waals surface area contributed by atoms with Crippen molar-refractivity contribution < 1.29 is 13.9 Å². The van der Waals surface area contributed by atoms with Crippen molar-refractivity contribution in [2.45, 2.75) is 32.5 Å². The number of halogens is 1. The summed E-state index contributed by atoms with van der Waals surface area (Å²) in [5.74, 6) is 0.387. The van der Waals surface area contributed by atoms with Crippen LogP contribution in [0.4, 0.5) is 10.1 Å². The van der Waals surface area contributed by atoms with E-state index in [4.69, 9.17) is 10.5 Å². The van der Waals surface area contributed by atoms with E-state index in [1.165, 1.54) is 12.1 Å². The molecule has 5 nitrogen and oxygen atoms in total. The van der Waals surface area contributed by atoms with E-state index in [-0.39, 0.29) is 30.4 Å². The molecule has 0 spiro atoms. The number of nitrogens with two attached hydrogens (primary N) is 1. The zero-order chi connectivity index (χ0) is 19.4. The largest absolute Gasteiger partial charge is 0.484 e. The second-order valence-corrected chi connectivity index (χ2v) is 7.16. The first kappa shape index (κ1) is 19.2. The lowest BCUT2D eigenvalue weighted by molar-refractivity contribution is -0.139. The molecule has 0 aliphatic carbocycles. The molecule has 0 aromatic heterocycles. The normalized spacial score (nSPS) is 20.5. The van der Waals surface area contributed by atoms with E-state index in [9.17, 15) is 9.18 Å². The molecule has 1 aliphatic rings. The predicted molar refractivity (Wildman–Crippen MR) is 104 cm³/mol. The number of hydrogen-bond acceptors (Lipinski definition) is 4. The van der Waals surface area contributed by atoms with E-state index in [0.717, 1.165) is 18.7 Å². The SMILES string of the molecule is CC1CN(C(=O)COc2ccc(N)cc2)C(C)CN1Cc1ccc(F)cc1. The average Bonchev–Trinajstić information content (AvgIpc) is 2.65. The number of carbonyl (C=O) groups is 1. The molecule has 1 aliphatic heterocycles. The van der Waals surface area contributed by atoms with Crippen LogP contribution in [-0.2, 0) is 11.3 Å². The number of benzene rings is 2. The molecule has 144 valence electrons. The van der Waals surface area contributed by atoms with Gasteiger partial charge in [-0.3, -0.25) is 9.69 Å². The van der Waals surface area contributed by atoms with Gasteiger partial charge in [-0.25, -0.2) is 4.39 Å². The van der Waals surface area contributed by atoms with E-state index in [1.807, 2.05) is 24.0 Å². The molecule has 0 radical (unpaired) electrons. The first-order chi connectivity index (χ1) is 12.9. The minimum Gasteiger partial charge on any atom is -0.484 e. The van der Waals surface area contributed by atoms with Crippen LogP contribution in [0.15, 0.2) is 48.5 Å². The van der Waals surface area contributed by atoms with Gasteiger partial charge >= 0.3 is 0 Å². The lowest BCUT2D eigenvalue weighted by Gasteiger charge is -2.44. The van der Waals surface area contributed by atoms with Gasteiger partial charge in [-0.05, 0) is 55.8 Å². The summed E-state index contributed by atoms with van der Waals surface area (Å²) in [5, 5.41) is 0. The number of anilines is 1. The first-order valence-electron chi connectivity index (χ1n) is 9.18. The van der Waals surface area contributed by atoms with E-state index in [2.05, 4.69) is 11.8 Å². The van der Waals surface area contributed by atoms with Crippen molar-refractivity contribution in [3.8, 4) is 5.75 Å². The summed E-state index contributed by atoms with van der Waals surface area (Å²) >= 11 is 0. The first-order valence-corrected chi connectivity index (χ1v) is 9.18. The molecule has 0 saturated carbocycles. The van der Waals surface area contributed by atoms with Gasteiger partial charge in [0.15, 0.2) is 6.61 Å². The topological polar surface area (TPSA) is 58.8 Å². The van der Waals surface area contributed by atoms with Crippen molar-refractivity contribution in [3.05, 3.63) is 59.9 Å². The van der Waals surface area contributed by atoms with Crippen LogP contribution >= 0.6 is 0 Å². The molecule has 3 rings (SSSR count). The van der Waals surface area contributed by atoms with E-state index in [1.54, 1.807) is 24.3 Å². The Kier molecular flexibility index (Phi) is 5.96. The number of carbonyl (C=O) groups excluding carboxylic acids is 1. The zero-order valence-electron chi connectivity index (χ0n) is 15.8. The van der Waals surface area contributed by atoms with Gasteiger partial charge in [-0.1, -0.05) is 12.1 Å². The second kappa shape index (κ2) is 8.39. The number of hydrogen-bond donors (Lipinski definition) is 1. The number of ether oxygens (including phenoxy) is 1. The minimum absolute atomic E-state index is 0.0128. The maximum atomic E-state index is 13.1. The number of amides is 1. The van der Waals surface area contributed by atoms with Crippen LogP contribution in [0.3, 0.4) is 0 Å². The summed E-state index contributed by atoms with van der Waals surface area (Å²) in [6, 6.07) is 13.9. The van der Waals surface area contributed by atoms with Crippen molar-refractivity contribution in [2.75, 3.05) is 25.4 Å². The monoisotopic (exact) mass is 371 g/mol. The fraction of sp³-hybridized carbons (Fsp3) is 0.381. The van der Waals surface area contributed by atoms with Gasteiger partial charge < -0.3 is 15.4 Å². The van der Waals surface area contributed by atoms with Crippen LogP contribution in [-0.4, -0.2) is 47.5 Å². The summed E-state index contributed by atoms with van der Waals surface area (Å²) in [7, 11) is 0. The van der Waals surface area contributed by atoms with Crippen LogP contribution in [0.1, 0.15) is 19.4 Å². The summed E-state index contributed by atoms with van der Waals surface area (Å²) in [4.78, 5) is 16.8. The lowest BCUT2D eigenvalue weighted by Crippen LogP contribution is -2.58. The molecule has 27 heavy (non-hydrogen) atoms. The lowest BCUT2D eigenvalue weighted by atomic mass is 10.1. The Labute approximate surface area is 159 Å². The number of rotatable bonds is 5. The number of piperazine rings is 1. The van der Waals surface area contributed by atoms with Gasteiger partial charge in [0.05, 0.1) is 0 Å². The maximum Gasteiger partial charge on any atom is 0.260 e. The fourth-order valence-electron chi connectivity index (χ4n) is 3.38. The van der Waals surface area contributed by atoms with E-state index >= 15 is 0 Å². The predicted octanol–water partition coefficient (Wildman–Crippen LogP) is 2.91. The molecule has 6 heteroatoms. The molecule has 2 atom stereocenters. The summed E-state index contributed by atoms with van der Waals surface area (Å²) in [5.41, 5.74) is 7.39. The summed E-state index contributed by atoms with van der Waals surface area (Å²) in [6.07, 6.45) is 0. The molecule has 1 amide bonds. The zero-order valence-corrected chi connectivity index (χ0v) is 15.8. The van der Waals surface area contributed by atoms with Gasteiger partial charge in [-0.2, -0.15) is 0 Å². The third-order valence-corrected chi connectivity index (χ3v) is 4.98. The Hall–Kier alpha value is -2.60.